The minimum absolute atomic E-state index is 0.365. The molecule has 9 heteroatoms. The molecule has 0 aliphatic carbocycles. The normalized spacial score (nSPS) is 18.7. The van der Waals surface area contributed by atoms with Crippen LogP contribution in [0, 0.1) is 0 Å². The zero-order valence-corrected chi connectivity index (χ0v) is 12.6. The van der Waals surface area contributed by atoms with Crippen molar-refractivity contribution in [3.05, 3.63) is 0 Å². The molecule has 0 aromatic rings. The van der Waals surface area contributed by atoms with Gasteiger partial charge in [0.25, 0.3) is 0 Å². The highest BCUT2D eigenvalue weighted by atomic mass is 16.4. The Morgan fingerprint density at radius 3 is 1.38 bits per heavy atom. The molecule has 0 radical (unpaired) electrons. The van der Waals surface area contributed by atoms with Gasteiger partial charge in [-0.2, -0.15) is 0 Å². The molecule has 0 amide bonds. The van der Waals surface area contributed by atoms with Crippen LogP contribution < -0.4 is 0 Å². The molecule has 8 N–H and O–H groups in total. The van der Waals surface area contributed by atoms with E-state index in [1.165, 1.54) is 0 Å². The first-order valence-electron chi connectivity index (χ1n) is 6.53. The SMILES string of the molecule is CC(C(O)C(O)C(O)C(O)CO)N(C)C.OCC(O)CO. The van der Waals surface area contributed by atoms with Crippen molar-refractivity contribution >= 4 is 0 Å². The average molecular weight is 315 g/mol. The molecule has 0 saturated carbocycles. The van der Waals surface area contributed by atoms with Crippen LogP contribution in [0.25, 0.3) is 0 Å². The molecule has 0 rings (SSSR count). The molecule has 0 saturated heterocycles. The van der Waals surface area contributed by atoms with Gasteiger partial charge in [0.2, 0.25) is 0 Å². The van der Waals surface area contributed by atoms with Crippen LogP contribution in [0.2, 0.25) is 0 Å². The maximum Gasteiger partial charge on any atom is 0.111 e. The van der Waals surface area contributed by atoms with E-state index in [1.807, 2.05) is 0 Å². The fourth-order valence-electron chi connectivity index (χ4n) is 1.19. The number of hydrogen-bond donors (Lipinski definition) is 8. The first-order chi connectivity index (χ1) is 9.63. The number of rotatable bonds is 8. The summed E-state index contributed by atoms with van der Waals surface area (Å²) in [6.45, 7) is 0.278. The van der Waals surface area contributed by atoms with Crippen LogP contribution in [0.15, 0.2) is 0 Å². The van der Waals surface area contributed by atoms with Crippen molar-refractivity contribution in [2.24, 2.45) is 0 Å². The fourth-order valence-corrected chi connectivity index (χ4v) is 1.19. The topological polar surface area (TPSA) is 165 Å². The van der Waals surface area contributed by atoms with Gasteiger partial charge < -0.3 is 45.8 Å². The molecule has 5 atom stereocenters. The second-order valence-corrected chi connectivity index (χ2v) is 4.94. The lowest BCUT2D eigenvalue weighted by molar-refractivity contribution is -0.127. The molecule has 9 nitrogen and oxygen atoms in total. The Morgan fingerprint density at radius 2 is 1.14 bits per heavy atom. The van der Waals surface area contributed by atoms with Gasteiger partial charge in [0.05, 0.1) is 25.9 Å². The first-order valence-corrected chi connectivity index (χ1v) is 6.53. The molecule has 0 spiro atoms. The molecule has 0 aromatic heterocycles. The van der Waals surface area contributed by atoms with Gasteiger partial charge in [-0.15, -0.1) is 0 Å². The molecule has 0 heterocycles. The first kappa shape index (κ1) is 22.9. The second kappa shape index (κ2) is 12.2. The van der Waals surface area contributed by atoms with E-state index in [-0.39, 0.29) is 19.3 Å². The zero-order valence-electron chi connectivity index (χ0n) is 12.6. The van der Waals surface area contributed by atoms with Crippen LogP contribution in [0.1, 0.15) is 6.92 Å². The van der Waals surface area contributed by atoms with Crippen LogP contribution in [0.5, 0.6) is 0 Å². The van der Waals surface area contributed by atoms with E-state index in [0.717, 1.165) is 0 Å². The zero-order chi connectivity index (χ0) is 17.2. The third-order valence-electron chi connectivity index (χ3n) is 3.01. The molecule has 5 unspecified atom stereocenters. The number of nitrogens with zero attached hydrogens (tertiary/aromatic N) is 1. The average Bonchev–Trinajstić information content (AvgIpc) is 2.50. The summed E-state index contributed by atoms with van der Waals surface area (Å²) in [5.74, 6) is 0. The standard InChI is InChI=1S/C9H21NO5.C3H8O3/c1-5(10(2)3)7(13)9(15)8(14)6(12)4-11;4-1-3(6)2-5/h5-9,11-15H,4H2,1-3H3;3-6H,1-2H2. The lowest BCUT2D eigenvalue weighted by Gasteiger charge is -2.32. The number of likely N-dealkylation sites (N-methyl/N-ethyl adjacent to an activating group) is 1. The van der Waals surface area contributed by atoms with E-state index in [1.54, 1.807) is 25.9 Å². The van der Waals surface area contributed by atoms with Gasteiger partial charge >= 0.3 is 0 Å². The quantitative estimate of drug-likeness (QED) is 0.221. The van der Waals surface area contributed by atoms with E-state index in [9.17, 15) is 15.3 Å². The fraction of sp³-hybridized carbons (Fsp3) is 1.00. The Hall–Kier alpha value is -0.360. The molecular weight excluding hydrogens is 286 g/mol. The maximum atomic E-state index is 9.63. The minimum Gasteiger partial charge on any atom is -0.394 e. The van der Waals surface area contributed by atoms with Crippen molar-refractivity contribution in [1.82, 2.24) is 4.90 Å². The van der Waals surface area contributed by atoms with Gasteiger partial charge in [0, 0.05) is 6.04 Å². The summed E-state index contributed by atoms with van der Waals surface area (Å²) in [4.78, 5) is 1.67. The molecule has 0 aromatic carbocycles. The van der Waals surface area contributed by atoms with Gasteiger partial charge in [-0.1, -0.05) is 0 Å². The summed E-state index contributed by atoms with van der Waals surface area (Å²) in [5.41, 5.74) is 0. The van der Waals surface area contributed by atoms with Crippen molar-refractivity contribution in [2.45, 2.75) is 43.5 Å². The van der Waals surface area contributed by atoms with Crippen molar-refractivity contribution < 1.29 is 40.9 Å². The van der Waals surface area contributed by atoms with Gasteiger partial charge in [-0.25, -0.2) is 0 Å². The monoisotopic (exact) mass is 315 g/mol. The van der Waals surface area contributed by atoms with Crippen molar-refractivity contribution in [3.63, 3.8) is 0 Å². The highest BCUT2D eigenvalue weighted by Crippen LogP contribution is 2.10. The van der Waals surface area contributed by atoms with E-state index < -0.39 is 37.1 Å². The molecule has 0 aliphatic rings. The van der Waals surface area contributed by atoms with Crippen LogP contribution in [-0.2, 0) is 0 Å². The highest BCUT2D eigenvalue weighted by Gasteiger charge is 2.33. The van der Waals surface area contributed by atoms with E-state index in [2.05, 4.69) is 0 Å². The Morgan fingerprint density at radius 1 is 0.714 bits per heavy atom. The Balaban J connectivity index is 0. The lowest BCUT2D eigenvalue weighted by Crippen LogP contribution is -2.52. The Bertz CT molecular complexity index is 239. The third kappa shape index (κ3) is 9.30. The van der Waals surface area contributed by atoms with Crippen molar-refractivity contribution in [1.29, 1.82) is 0 Å². The number of aliphatic hydroxyl groups is 8. The molecule has 21 heavy (non-hydrogen) atoms. The minimum atomic E-state index is -1.56. The third-order valence-corrected chi connectivity index (χ3v) is 3.01. The molecule has 0 aliphatic heterocycles. The summed E-state index contributed by atoms with van der Waals surface area (Å²) < 4.78 is 0. The number of aliphatic hydroxyl groups excluding tert-OH is 8. The Labute approximate surface area is 124 Å². The molecule has 0 bridgehead atoms. The second-order valence-electron chi connectivity index (χ2n) is 4.94. The largest absolute Gasteiger partial charge is 0.394 e. The summed E-state index contributed by atoms with van der Waals surface area (Å²) in [6, 6.07) is -0.374. The van der Waals surface area contributed by atoms with Crippen LogP contribution in [0.4, 0.5) is 0 Å². The van der Waals surface area contributed by atoms with E-state index in [0.29, 0.717) is 0 Å². The number of hydrogen-bond acceptors (Lipinski definition) is 9. The maximum absolute atomic E-state index is 9.63. The van der Waals surface area contributed by atoms with Crippen molar-refractivity contribution in [2.75, 3.05) is 33.9 Å². The van der Waals surface area contributed by atoms with Gasteiger partial charge in [0.15, 0.2) is 0 Å². The van der Waals surface area contributed by atoms with Gasteiger partial charge in [0.1, 0.15) is 24.4 Å². The Kier molecular flexibility index (Phi) is 13.3. The van der Waals surface area contributed by atoms with Gasteiger partial charge in [-0.05, 0) is 21.0 Å². The predicted octanol–water partition coefficient (Wildman–Crippen LogP) is -4.30. The van der Waals surface area contributed by atoms with Crippen LogP contribution >= 0.6 is 0 Å². The predicted molar refractivity (Wildman–Crippen MR) is 74.4 cm³/mol. The van der Waals surface area contributed by atoms with E-state index in [4.69, 9.17) is 25.5 Å². The highest BCUT2D eigenvalue weighted by molar-refractivity contribution is 4.85. The summed E-state index contributed by atoms with van der Waals surface area (Å²) in [7, 11) is 3.44. The molecular formula is C12H29NO8. The van der Waals surface area contributed by atoms with E-state index >= 15 is 0 Å². The summed E-state index contributed by atoms with van der Waals surface area (Å²) >= 11 is 0. The summed E-state index contributed by atoms with van der Waals surface area (Å²) in [5, 5.41) is 70.2. The van der Waals surface area contributed by atoms with Crippen LogP contribution in [0.3, 0.4) is 0 Å². The van der Waals surface area contributed by atoms with Crippen molar-refractivity contribution in [3.8, 4) is 0 Å². The van der Waals surface area contributed by atoms with Crippen LogP contribution in [-0.4, -0.2) is 116 Å². The van der Waals surface area contributed by atoms with Gasteiger partial charge in [-0.3, -0.25) is 0 Å². The smallest absolute Gasteiger partial charge is 0.111 e. The lowest BCUT2D eigenvalue weighted by atomic mass is 9.98. The molecule has 130 valence electrons. The summed E-state index contributed by atoms with van der Waals surface area (Å²) in [6.07, 6.45) is -6.66. The molecule has 0 fully saturated rings.